The smallest absolute Gasteiger partial charge is 0.338 e. The Balaban J connectivity index is 1.34. The number of para-hydroxylation sites is 1. The molecule has 4 rings (SSSR count). The van der Waals surface area contributed by atoms with E-state index in [9.17, 15) is 22.4 Å². The maximum absolute atomic E-state index is 13.3. The molecule has 0 fully saturated rings. The summed E-state index contributed by atoms with van der Waals surface area (Å²) in [5.41, 5.74) is 2.03. The van der Waals surface area contributed by atoms with Crippen molar-refractivity contribution in [1.29, 1.82) is 0 Å². The number of aromatic nitrogens is 1. The van der Waals surface area contributed by atoms with Gasteiger partial charge >= 0.3 is 5.97 Å². The number of nitrogens with one attached hydrogen (secondary N) is 2. The molecule has 1 aromatic heterocycles. The molecule has 2 N–H and O–H groups in total. The summed E-state index contributed by atoms with van der Waals surface area (Å²) in [6.45, 7) is -0.478. The molecule has 174 valence electrons. The fourth-order valence-electron chi connectivity index (χ4n) is 3.26. The number of H-pyrrole nitrogens is 1. The van der Waals surface area contributed by atoms with E-state index in [0.29, 0.717) is 11.1 Å². The fraction of sp³-hybridized carbons (Fsp3) is 0.0833. The Bertz CT molecular complexity index is 1480. The highest BCUT2D eigenvalue weighted by molar-refractivity contribution is 7.89. The minimum Gasteiger partial charge on any atom is -0.454 e. The molecule has 0 atom stereocenters. The zero-order valence-electron chi connectivity index (χ0n) is 17.5. The summed E-state index contributed by atoms with van der Waals surface area (Å²) < 4.78 is 45.5. The summed E-state index contributed by atoms with van der Waals surface area (Å²) in [6.07, 6.45) is 1.58. The van der Waals surface area contributed by atoms with Crippen LogP contribution in [0.4, 0.5) is 4.39 Å². The predicted molar refractivity (Wildman–Crippen MR) is 125 cm³/mol. The summed E-state index contributed by atoms with van der Waals surface area (Å²) >= 11 is 5.65. The van der Waals surface area contributed by atoms with Gasteiger partial charge in [-0.3, -0.25) is 4.79 Å². The molecule has 0 aliphatic carbocycles. The van der Waals surface area contributed by atoms with Gasteiger partial charge in [-0.05, 0) is 42.0 Å². The van der Waals surface area contributed by atoms with Crippen LogP contribution in [0.3, 0.4) is 0 Å². The van der Waals surface area contributed by atoms with Crippen molar-refractivity contribution >= 4 is 44.3 Å². The Morgan fingerprint density at radius 2 is 1.76 bits per heavy atom. The molecular formula is C24H18ClFN2O5S. The predicted octanol–water partition coefficient (Wildman–Crippen LogP) is 4.48. The first-order valence-electron chi connectivity index (χ1n) is 10.0. The van der Waals surface area contributed by atoms with Gasteiger partial charge < -0.3 is 9.72 Å². The molecule has 34 heavy (non-hydrogen) atoms. The maximum Gasteiger partial charge on any atom is 0.338 e. The van der Waals surface area contributed by atoms with E-state index in [0.717, 1.165) is 29.1 Å². The SMILES string of the molecule is O=C(OCC(=O)c1c[nH]c2ccccc12)c1ccc(CNS(=O)(=O)c2ccc(F)c(Cl)c2)cc1. The quantitative estimate of drug-likeness (QED) is 0.274. The van der Waals surface area contributed by atoms with Crippen molar-refractivity contribution in [3.8, 4) is 0 Å². The average Bonchev–Trinajstić information content (AvgIpc) is 3.27. The Morgan fingerprint density at radius 1 is 1.03 bits per heavy atom. The van der Waals surface area contributed by atoms with E-state index in [-0.39, 0.29) is 27.8 Å². The number of aromatic amines is 1. The van der Waals surface area contributed by atoms with Crippen LogP contribution in [-0.4, -0.2) is 31.8 Å². The van der Waals surface area contributed by atoms with Crippen molar-refractivity contribution in [3.63, 3.8) is 0 Å². The lowest BCUT2D eigenvalue weighted by molar-refractivity contribution is 0.0475. The molecular weight excluding hydrogens is 483 g/mol. The van der Waals surface area contributed by atoms with Crippen LogP contribution in [0, 0.1) is 5.82 Å². The average molecular weight is 501 g/mol. The molecule has 0 spiro atoms. The largest absolute Gasteiger partial charge is 0.454 e. The highest BCUT2D eigenvalue weighted by atomic mass is 35.5. The van der Waals surface area contributed by atoms with E-state index in [1.165, 1.54) is 12.1 Å². The molecule has 0 unspecified atom stereocenters. The Kier molecular flexibility index (Phi) is 6.78. The van der Waals surface area contributed by atoms with E-state index >= 15 is 0 Å². The lowest BCUT2D eigenvalue weighted by Gasteiger charge is -2.08. The Hall–Kier alpha value is -3.53. The zero-order chi connectivity index (χ0) is 24.3. The Morgan fingerprint density at radius 3 is 2.50 bits per heavy atom. The number of benzene rings is 3. The number of esters is 1. The van der Waals surface area contributed by atoms with Crippen LogP contribution in [-0.2, 0) is 21.3 Å². The number of hydrogen-bond acceptors (Lipinski definition) is 5. The van der Waals surface area contributed by atoms with Crippen LogP contribution in [0.15, 0.2) is 77.8 Å². The first kappa shape index (κ1) is 23.6. The summed E-state index contributed by atoms with van der Waals surface area (Å²) in [6, 6.07) is 16.5. The van der Waals surface area contributed by atoms with Crippen LogP contribution in [0.25, 0.3) is 10.9 Å². The summed E-state index contributed by atoms with van der Waals surface area (Å²) in [7, 11) is -3.91. The minimum absolute atomic E-state index is 0.0638. The van der Waals surface area contributed by atoms with Gasteiger partial charge in [-0.1, -0.05) is 41.9 Å². The number of ketones is 1. The van der Waals surface area contributed by atoms with E-state index in [1.807, 2.05) is 18.2 Å². The third-order valence-electron chi connectivity index (χ3n) is 5.08. The molecule has 0 saturated carbocycles. The number of carbonyl (C=O) groups is 2. The Labute approximate surface area is 199 Å². The van der Waals surface area contributed by atoms with Crippen LogP contribution in [0.5, 0.6) is 0 Å². The highest BCUT2D eigenvalue weighted by Crippen LogP contribution is 2.20. The monoisotopic (exact) mass is 500 g/mol. The van der Waals surface area contributed by atoms with Crippen molar-refractivity contribution in [3.05, 3.63) is 100 Å². The third kappa shape index (κ3) is 5.17. The number of sulfonamides is 1. The van der Waals surface area contributed by atoms with E-state index in [2.05, 4.69) is 9.71 Å². The second kappa shape index (κ2) is 9.76. The molecule has 10 heteroatoms. The number of hydrogen-bond donors (Lipinski definition) is 2. The standard InChI is InChI=1S/C24H18ClFN2O5S/c25-20-11-17(9-10-21(20)26)34(31,32)28-12-15-5-7-16(8-6-15)24(30)33-14-23(29)19-13-27-22-4-2-1-3-18(19)22/h1-11,13,27-28H,12,14H2. The maximum atomic E-state index is 13.3. The van der Waals surface area contributed by atoms with Crippen molar-refractivity contribution in [1.82, 2.24) is 9.71 Å². The lowest BCUT2D eigenvalue weighted by Crippen LogP contribution is -2.23. The van der Waals surface area contributed by atoms with Gasteiger partial charge in [0.2, 0.25) is 15.8 Å². The van der Waals surface area contributed by atoms with Gasteiger partial charge in [0.15, 0.2) is 6.61 Å². The number of fused-ring (bicyclic) bond motifs is 1. The van der Waals surface area contributed by atoms with Crippen molar-refractivity contribution in [2.45, 2.75) is 11.4 Å². The first-order chi connectivity index (χ1) is 16.2. The van der Waals surface area contributed by atoms with Crippen LogP contribution < -0.4 is 4.72 Å². The fourth-order valence-corrected chi connectivity index (χ4v) is 4.55. The molecule has 0 radical (unpaired) electrons. The molecule has 3 aromatic carbocycles. The number of rotatable bonds is 8. The lowest BCUT2D eigenvalue weighted by atomic mass is 10.1. The second-order valence-electron chi connectivity index (χ2n) is 7.34. The van der Waals surface area contributed by atoms with Crippen LogP contribution in [0.2, 0.25) is 5.02 Å². The van der Waals surface area contributed by atoms with Crippen molar-refractivity contribution in [2.24, 2.45) is 0 Å². The van der Waals surface area contributed by atoms with Gasteiger partial charge in [-0.25, -0.2) is 22.3 Å². The number of ether oxygens (including phenoxy) is 1. The molecule has 7 nitrogen and oxygen atoms in total. The summed E-state index contributed by atoms with van der Waals surface area (Å²) in [5.74, 6) is -1.73. The van der Waals surface area contributed by atoms with E-state index < -0.39 is 28.4 Å². The van der Waals surface area contributed by atoms with Gasteiger partial charge in [0.1, 0.15) is 5.82 Å². The van der Waals surface area contributed by atoms with Crippen molar-refractivity contribution in [2.75, 3.05) is 6.61 Å². The highest BCUT2D eigenvalue weighted by Gasteiger charge is 2.17. The topological polar surface area (TPSA) is 105 Å². The van der Waals surface area contributed by atoms with Gasteiger partial charge in [0.05, 0.1) is 15.5 Å². The molecule has 4 aromatic rings. The summed E-state index contributed by atoms with van der Waals surface area (Å²) in [5, 5.41) is 0.451. The first-order valence-corrected chi connectivity index (χ1v) is 11.9. The van der Waals surface area contributed by atoms with E-state index in [4.69, 9.17) is 16.3 Å². The second-order valence-corrected chi connectivity index (χ2v) is 9.52. The normalized spacial score (nSPS) is 11.5. The molecule has 0 saturated heterocycles. The number of Topliss-reactive ketones (excluding diaryl/α,β-unsaturated/α-hetero) is 1. The van der Waals surface area contributed by atoms with Gasteiger partial charge in [0, 0.05) is 29.2 Å². The molecule has 1 heterocycles. The third-order valence-corrected chi connectivity index (χ3v) is 6.77. The number of halogens is 2. The van der Waals surface area contributed by atoms with Gasteiger partial charge in [-0.15, -0.1) is 0 Å². The molecule has 0 aliphatic heterocycles. The van der Waals surface area contributed by atoms with Crippen LogP contribution >= 0.6 is 11.6 Å². The zero-order valence-corrected chi connectivity index (χ0v) is 19.1. The molecule has 0 amide bonds. The van der Waals surface area contributed by atoms with Crippen LogP contribution in [0.1, 0.15) is 26.3 Å². The van der Waals surface area contributed by atoms with Gasteiger partial charge in [0.25, 0.3) is 0 Å². The van der Waals surface area contributed by atoms with Crippen molar-refractivity contribution < 1.29 is 27.1 Å². The molecule has 0 aliphatic rings. The van der Waals surface area contributed by atoms with E-state index in [1.54, 1.807) is 24.4 Å². The summed E-state index contributed by atoms with van der Waals surface area (Å²) in [4.78, 5) is 27.6. The molecule has 0 bridgehead atoms. The number of carbonyl (C=O) groups excluding carboxylic acids is 2. The van der Waals surface area contributed by atoms with Gasteiger partial charge in [-0.2, -0.15) is 0 Å². The minimum atomic E-state index is -3.91.